The lowest BCUT2D eigenvalue weighted by molar-refractivity contribution is 0.618. The van der Waals surface area contributed by atoms with Crippen molar-refractivity contribution in [2.75, 3.05) is 5.32 Å². The van der Waals surface area contributed by atoms with Crippen LogP contribution in [-0.2, 0) is 6.42 Å². The third-order valence-electron chi connectivity index (χ3n) is 3.98. The first-order chi connectivity index (χ1) is 8.78. The van der Waals surface area contributed by atoms with E-state index in [-0.39, 0.29) is 0 Å². The second-order valence-electron chi connectivity index (χ2n) is 5.56. The standard InChI is InChI=1S/C15H15BrN2/c16-12-4-3-10-6-11-7-13(5-9-1-2-9)17-15(11)18-14(10)8-12/h3-4,6,8-9,13H,1-2,5,7H2,(H,17,18)/t13-/m1/s1. The molecule has 4 rings (SSSR count). The van der Waals surface area contributed by atoms with Crippen LogP contribution >= 0.6 is 15.9 Å². The van der Waals surface area contributed by atoms with Gasteiger partial charge < -0.3 is 5.32 Å². The highest BCUT2D eigenvalue weighted by Gasteiger charge is 2.29. The summed E-state index contributed by atoms with van der Waals surface area (Å²) in [5.41, 5.74) is 2.46. The van der Waals surface area contributed by atoms with Gasteiger partial charge in [-0.15, -0.1) is 0 Å². The molecule has 1 aliphatic heterocycles. The summed E-state index contributed by atoms with van der Waals surface area (Å²) in [5.74, 6) is 2.08. The molecule has 0 spiro atoms. The van der Waals surface area contributed by atoms with Crippen LogP contribution in [0.25, 0.3) is 10.9 Å². The summed E-state index contributed by atoms with van der Waals surface area (Å²) < 4.78 is 1.09. The zero-order chi connectivity index (χ0) is 12.1. The van der Waals surface area contributed by atoms with Crippen LogP contribution in [-0.4, -0.2) is 11.0 Å². The number of nitrogens with zero attached hydrogens (tertiary/aromatic N) is 1. The maximum atomic E-state index is 4.75. The molecule has 1 atom stereocenters. The monoisotopic (exact) mass is 302 g/mol. The number of fused-ring (bicyclic) bond motifs is 2. The van der Waals surface area contributed by atoms with Gasteiger partial charge >= 0.3 is 0 Å². The van der Waals surface area contributed by atoms with E-state index >= 15 is 0 Å². The summed E-state index contributed by atoms with van der Waals surface area (Å²) in [6.45, 7) is 0. The van der Waals surface area contributed by atoms with E-state index in [0.717, 1.165) is 28.1 Å². The number of anilines is 1. The fourth-order valence-electron chi connectivity index (χ4n) is 2.87. The molecule has 1 N–H and O–H groups in total. The van der Waals surface area contributed by atoms with Gasteiger partial charge in [-0.2, -0.15) is 0 Å². The highest BCUT2D eigenvalue weighted by Crippen LogP contribution is 2.38. The second-order valence-corrected chi connectivity index (χ2v) is 6.47. The van der Waals surface area contributed by atoms with Crippen LogP contribution in [0.5, 0.6) is 0 Å². The number of halogens is 1. The van der Waals surface area contributed by atoms with Gasteiger partial charge in [0.1, 0.15) is 5.82 Å². The topological polar surface area (TPSA) is 24.9 Å². The Balaban J connectivity index is 1.69. The molecule has 0 bridgehead atoms. The van der Waals surface area contributed by atoms with Gasteiger partial charge in [-0.1, -0.05) is 34.8 Å². The summed E-state index contributed by atoms with van der Waals surface area (Å²) in [5, 5.41) is 4.83. The number of aromatic nitrogens is 1. The van der Waals surface area contributed by atoms with Crippen molar-refractivity contribution in [3.63, 3.8) is 0 Å². The SMILES string of the molecule is Brc1ccc2cc3c(nc2c1)N[C@H](CC1CC1)C3. The average Bonchev–Trinajstić information content (AvgIpc) is 3.05. The highest BCUT2D eigenvalue weighted by atomic mass is 79.9. The van der Waals surface area contributed by atoms with Crippen molar-refractivity contribution < 1.29 is 0 Å². The van der Waals surface area contributed by atoms with Crippen LogP contribution in [0, 0.1) is 5.92 Å². The number of rotatable bonds is 2. The van der Waals surface area contributed by atoms with Crippen molar-refractivity contribution in [2.24, 2.45) is 5.92 Å². The molecular weight excluding hydrogens is 288 g/mol. The number of pyridine rings is 1. The molecule has 2 nitrogen and oxygen atoms in total. The number of nitrogens with one attached hydrogen (secondary N) is 1. The fraction of sp³-hybridized carbons (Fsp3) is 0.400. The van der Waals surface area contributed by atoms with E-state index in [9.17, 15) is 0 Å². The molecule has 1 aromatic heterocycles. The Morgan fingerprint density at radius 1 is 1.28 bits per heavy atom. The third kappa shape index (κ3) is 1.91. The van der Waals surface area contributed by atoms with Gasteiger partial charge in [0.05, 0.1) is 5.52 Å². The Bertz CT molecular complexity index is 619. The molecule has 0 radical (unpaired) electrons. The van der Waals surface area contributed by atoms with Gasteiger partial charge in [-0.25, -0.2) is 4.98 Å². The molecule has 2 heterocycles. The van der Waals surface area contributed by atoms with E-state index < -0.39 is 0 Å². The molecule has 1 fully saturated rings. The maximum absolute atomic E-state index is 4.75. The molecule has 92 valence electrons. The molecule has 1 saturated carbocycles. The molecule has 0 unspecified atom stereocenters. The molecule has 0 saturated heterocycles. The van der Waals surface area contributed by atoms with Crippen LogP contribution in [0.15, 0.2) is 28.7 Å². The lowest BCUT2D eigenvalue weighted by Crippen LogP contribution is -2.15. The van der Waals surface area contributed by atoms with Crippen LogP contribution < -0.4 is 5.32 Å². The van der Waals surface area contributed by atoms with Gasteiger partial charge in [0.2, 0.25) is 0 Å². The molecule has 2 aromatic rings. The smallest absolute Gasteiger partial charge is 0.130 e. The first-order valence-corrected chi connectivity index (χ1v) is 7.43. The lowest BCUT2D eigenvalue weighted by atomic mass is 10.1. The van der Waals surface area contributed by atoms with Crippen molar-refractivity contribution in [3.05, 3.63) is 34.3 Å². The molecule has 1 aromatic carbocycles. The van der Waals surface area contributed by atoms with Gasteiger partial charge in [-0.3, -0.25) is 0 Å². The number of benzene rings is 1. The van der Waals surface area contributed by atoms with Crippen molar-refractivity contribution in [1.82, 2.24) is 4.98 Å². The number of hydrogen-bond donors (Lipinski definition) is 1. The third-order valence-corrected chi connectivity index (χ3v) is 4.47. The largest absolute Gasteiger partial charge is 0.367 e. The van der Waals surface area contributed by atoms with Crippen LogP contribution in [0.4, 0.5) is 5.82 Å². The first-order valence-electron chi connectivity index (χ1n) is 6.64. The summed E-state index contributed by atoms with van der Waals surface area (Å²) in [4.78, 5) is 4.75. The minimum Gasteiger partial charge on any atom is -0.367 e. The Hall–Kier alpha value is -1.09. The fourth-order valence-corrected chi connectivity index (χ4v) is 3.22. The van der Waals surface area contributed by atoms with E-state index in [2.05, 4.69) is 45.5 Å². The highest BCUT2D eigenvalue weighted by molar-refractivity contribution is 9.10. The van der Waals surface area contributed by atoms with Gasteiger partial charge in [-0.05, 0) is 42.5 Å². The van der Waals surface area contributed by atoms with Crippen LogP contribution in [0.2, 0.25) is 0 Å². The molecule has 1 aliphatic carbocycles. The molecular formula is C15H15BrN2. The molecule has 18 heavy (non-hydrogen) atoms. The summed E-state index contributed by atoms with van der Waals surface area (Å²) in [6, 6.07) is 9.22. The Kier molecular flexibility index (Phi) is 2.37. The van der Waals surface area contributed by atoms with Crippen molar-refractivity contribution in [3.8, 4) is 0 Å². The maximum Gasteiger partial charge on any atom is 0.130 e. The molecule has 2 aliphatic rings. The second kappa shape index (κ2) is 3.95. The predicted molar refractivity (Wildman–Crippen MR) is 77.9 cm³/mol. The average molecular weight is 303 g/mol. The molecule has 3 heteroatoms. The predicted octanol–water partition coefficient (Wildman–Crippen LogP) is 4.13. The Morgan fingerprint density at radius 3 is 3.00 bits per heavy atom. The van der Waals surface area contributed by atoms with E-state index in [1.165, 1.54) is 30.2 Å². The first kappa shape index (κ1) is 10.8. The van der Waals surface area contributed by atoms with Gasteiger partial charge in [0, 0.05) is 15.9 Å². The van der Waals surface area contributed by atoms with E-state index in [1.807, 2.05) is 0 Å². The normalized spacial score (nSPS) is 21.9. The summed E-state index contributed by atoms with van der Waals surface area (Å²) in [7, 11) is 0. The van der Waals surface area contributed by atoms with Crippen molar-refractivity contribution in [2.45, 2.75) is 31.7 Å². The Labute approximate surface area is 115 Å². The zero-order valence-electron chi connectivity index (χ0n) is 10.1. The quantitative estimate of drug-likeness (QED) is 0.902. The zero-order valence-corrected chi connectivity index (χ0v) is 11.7. The van der Waals surface area contributed by atoms with Gasteiger partial charge in [0.25, 0.3) is 0 Å². The van der Waals surface area contributed by atoms with E-state index in [1.54, 1.807) is 0 Å². The minimum absolute atomic E-state index is 0.611. The van der Waals surface area contributed by atoms with E-state index in [0.29, 0.717) is 6.04 Å². The minimum atomic E-state index is 0.611. The molecule has 0 amide bonds. The van der Waals surface area contributed by atoms with E-state index in [4.69, 9.17) is 4.98 Å². The van der Waals surface area contributed by atoms with Crippen molar-refractivity contribution in [1.29, 1.82) is 0 Å². The summed E-state index contributed by atoms with van der Waals surface area (Å²) in [6.07, 6.45) is 5.31. The number of hydrogen-bond acceptors (Lipinski definition) is 2. The van der Waals surface area contributed by atoms with Crippen molar-refractivity contribution >= 4 is 32.7 Å². The van der Waals surface area contributed by atoms with Crippen LogP contribution in [0.1, 0.15) is 24.8 Å². The lowest BCUT2D eigenvalue weighted by Gasteiger charge is -2.08. The van der Waals surface area contributed by atoms with Gasteiger partial charge in [0.15, 0.2) is 0 Å². The van der Waals surface area contributed by atoms with Crippen LogP contribution in [0.3, 0.4) is 0 Å². The summed E-state index contributed by atoms with van der Waals surface area (Å²) >= 11 is 3.51. The Morgan fingerprint density at radius 2 is 2.17 bits per heavy atom.